The first-order chi connectivity index (χ1) is 8.67. The van der Waals surface area contributed by atoms with Crippen molar-refractivity contribution in [1.82, 2.24) is 9.97 Å². The fraction of sp³-hybridized carbons (Fsp3) is 0.636. The van der Waals surface area contributed by atoms with Crippen molar-refractivity contribution in [2.75, 3.05) is 37.4 Å². The molecule has 18 heavy (non-hydrogen) atoms. The molecule has 0 radical (unpaired) electrons. The zero-order valence-corrected chi connectivity index (χ0v) is 12.2. The molecule has 102 valence electrons. The van der Waals surface area contributed by atoms with Gasteiger partial charge in [0.05, 0.1) is 17.2 Å². The Morgan fingerprint density at radius 3 is 2.94 bits per heavy atom. The highest BCUT2D eigenvalue weighted by Crippen LogP contribution is 2.19. The van der Waals surface area contributed by atoms with E-state index in [2.05, 4.69) is 36.5 Å². The first kappa shape index (κ1) is 15.1. The van der Waals surface area contributed by atoms with E-state index in [-0.39, 0.29) is 0 Å². The lowest BCUT2D eigenvalue weighted by Crippen LogP contribution is -2.19. The Labute approximate surface area is 115 Å². The van der Waals surface area contributed by atoms with E-state index in [0.29, 0.717) is 31.3 Å². The molecule has 0 aliphatic carbocycles. The summed E-state index contributed by atoms with van der Waals surface area (Å²) in [4.78, 5) is 8.43. The van der Waals surface area contributed by atoms with Crippen LogP contribution in [-0.4, -0.2) is 48.0 Å². The van der Waals surface area contributed by atoms with E-state index < -0.39 is 6.10 Å². The molecule has 0 saturated carbocycles. The van der Waals surface area contributed by atoms with Crippen LogP contribution < -0.4 is 10.6 Å². The topological polar surface area (TPSA) is 79.3 Å². The van der Waals surface area contributed by atoms with Crippen molar-refractivity contribution in [3.8, 4) is 0 Å². The van der Waals surface area contributed by atoms with Crippen LogP contribution in [0.15, 0.2) is 10.7 Å². The summed E-state index contributed by atoms with van der Waals surface area (Å²) >= 11 is 3.38. The van der Waals surface area contributed by atoms with Crippen LogP contribution in [0.2, 0.25) is 0 Å². The standard InChI is InChI=1S/C11H19BrN4O2/c1-3-13-11-15-6-9(12)10(16-11)14-5-4-8(17)7-18-2/h6,8,17H,3-5,7H2,1-2H3,(H2,13,14,15,16). The van der Waals surface area contributed by atoms with E-state index in [4.69, 9.17) is 4.74 Å². The Kier molecular flexibility index (Phi) is 6.92. The number of nitrogens with zero attached hydrogens (tertiary/aromatic N) is 2. The molecule has 0 aromatic carbocycles. The molecule has 1 atom stereocenters. The fourth-order valence-electron chi connectivity index (χ4n) is 1.37. The quantitative estimate of drug-likeness (QED) is 0.674. The van der Waals surface area contributed by atoms with Crippen molar-refractivity contribution in [2.24, 2.45) is 0 Å². The second-order valence-electron chi connectivity index (χ2n) is 3.75. The molecule has 0 fully saturated rings. The maximum Gasteiger partial charge on any atom is 0.224 e. The molecule has 7 heteroatoms. The molecule has 1 aromatic rings. The second-order valence-corrected chi connectivity index (χ2v) is 4.60. The van der Waals surface area contributed by atoms with Crippen LogP contribution in [0, 0.1) is 0 Å². The molecule has 1 heterocycles. The summed E-state index contributed by atoms with van der Waals surface area (Å²) in [5.74, 6) is 1.30. The third kappa shape index (κ3) is 5.16. The minimum atomic E-state index is -0.462. The summed E-state index contributed by atoms with van der Waals surface area (Å²) in [5.41, 5.74) is 0. The molecular formula is C11H19BrN4O2. The van der Waals surface area contributed by atoms with Crippen molar-refractivity contribution in [1.29, 1.82) is 0 Å². The molecule has 3 N–H and O–H groups in total. The molecule has 0 bridgehead atoms. The molecule has 0 saturated heterocycles. The number of halogens is 1. The maximum atomic E-state index is 9.51. The van der Waals surface area contributed by atoms with Gasteiger partial charge in [-0.1, -0.05) is 0 Å². The molecule has 1 aromatic heterocycles. The van der Waals surface area contributed by atoms with Gasteiger partial charge in [0.15, 0.2) is 0 Å². The number of aliphatic hydroxyl groups excluding tert-OH is 1. The lowest BCUT2D eigenvalue weighted by Gasteiger charge is -2.12. The monoisotopic (exact) mass is 318 g/mol. The minimum absolute atomic E-state index is 0.343. The lowest BCUT2D eigenvalue weighted by molar-refractivity contribution is 0.0615. The summed E-state index contributed by atoms with van der Waals surface area (Å²) in [6.45, 7) is 3.72. The van der Waals surface area contributed by atoms with Crippen LogP contribution in [0.25, 0.3) is 0 Å². The molecular weight excluding hydrogens is 300 g/mol. The Hall–Kier alpha value is -0.920. The van der Waals surface area contributed by atoms with Gasteiger partial charge in [0.2, 0.25) is 5.95 Å². The Morgan fingerprint density at radius 2 is 2.28 bits per heavy atom. The molecule has 0 amide bonds. The smallest absolute Gasteiger partial charge is 0.224 e. The number of anilines is 2. The maximum absolute atomic E-state index is 9.51. The number of aromatic nitrogens is 2. The second kappa shape index (κ2) is 8.23. The van der Waals surface area contributed by atoms with Crippen LogP contribution >= 0.6 is 15.9 Å². The van der Waals surface area contributed by atoms with Gasteiger partial charge in [0.25, 0.3) is 0 Å². The van der Waals surface area contributed by atoms with Gasteiger partial charge in [-0.05, 0) is 29.3 Å². The van der Waals surface area contributed by atoms with E-state index in [1.807, 2.05) is 6.92 Å². The van der Waals surface area contributed by atoms with Gasteiger partial charge in [-0.15, -0.1) is 0 Å². The van der Waals surface area contributed by atoms with Crippen molar-refractivity contribution >= 4 is 27.7 Å². The SMILES string of the molecule is CCNc1ncc(Br)c(NCCC(O)COC)n1. The summed E-state index contributed by atoms with van der Waals surface area (Å²) in [6, 6.07) is 0. The Bertz CT molecular complexity index is 365. The van der Waals surface area contributed by atoms with Gasteiger partial charge >= 0.3 is 0 Å². The van der Waals surface area contributed by atoms with E-state index in [1.165, 1.54) is 0 Å². The van der Waals surface area contributed by atoms with Gasteiger partial charge in [-0.25, -0.2) is 4.98 Å². The van der Waals surface area contributed by atoms with Crippen LogP contribution in [0.1, 0.15) is 13.3 Å². The van der Waals surface area contributed by atoms with Crippen LogP contribution in [0.4, 0.5) is 11.8 Å². The van der Waals surface area contributed by atoms with Crippen molar-refractivity contribution < 1.29 is 9.84 Å². The van der Waals surface area contributed by atoms with Gasteiger partial charge < -0.3 is 20.5 Å². The number of hydrogen-bond acceptors (Lipinski definition) is 6. The highest BCUT2D eigenvalue weighted by molar-refractivity contribution is 9.10. The largest absolute Gasteiger partial charge is 0.391 e. The normalized spacial score (nSPS) is 12.2. The number of aliphatic hydroxyl groups is 1. The van der Waals surface area contributed by atoms with E-state index in [9.17, 15) is 5.11 Å². The summed E-state index contributed by atoms with van der Waals surface area (Å²) in [5, 5.41) is 15.7. The summed E-state index contributed by atoms with van der Waals surface area (Å²) in [6.07, 6.45) is 1.83. The minimum Gasteiger partial charge on any atom is -0.391 e. The number of rotatable bonds is 8. The summed E-state index contributed by atoms with van der Waals surface area (Å²) in [7, 11) is 1.57. The molecule has 0 aliphatic heterocycles. The molecule has 0 aliphatic rings. The third-order valence-electron chi connectivity index (χ3n) is 2.21. The van der Waals surface area contributed by atoms with E-state index >= 15 is 0 Å². The average Bonchev–Trinajstić information content (AvgIpc) is 2.34. The first-order valence-corrected chi connectivity index (χ1v) is 6.64. The fourth-order valence-corrected chi connectivity index (χ4v) is 1.70. The number of nitrogens with one attached hydrogen (secondary N) is 2. The Morgan fingerprint density at radius 1 is 1.50 bits per heavy atom. The molecule has 6 nitrogen and oxygen atoms in total. The zero-order chi connectivity index (χ0) is 13.4. The van der Waals surface area contributed by atoms with Crippen molar-refractivity contribution in [3.05, 3.63) is 10.7 Å². The number of ether oxygens (including phenoxy) is 1. The number of hydrogen-bond donors (Lipinski definition) is 3. The van der Waals surface area contributed by atoms with E-state index in [1.54, 1.807) is 13.3 Å². The van der Waals surface area contributed by atoms with Crippen LogP contribution in [0.5, 0.6) is 0 Å². The highest BCUT2D eigenvalue weighted by atomic mass is 79.9. The molecule has 1 rings (SSSR count). The molecule has 0 spiro atoms. The average molecular weight is 319 g/mol. The number of methoxy groups -OCH3 is 1. The molecule has 1 unspecified atom stereocenters. The highest BCUT2D eigenvalue weighted by Gasteiger charge is 2.06. The van der Waals surface area contributed by atoms with Crippen LogP contribution in [0.3, 0.4) is 0 Å². The third-order valence-corrected chi connectivity index (χ3v) is 2.79. The zero-order valence-electron chi connectivity index (χ0n) is 10.6. The summed E-state index contributed by atoms with van der Waals surface area (Å²) < 4.78 is 5.66. The van der Waals surface area contributed by atoms with Gasteiger partial charge in [-0.2, -0.15) is 4.98 Å². The predicted molar refractivity (Wildman–Crippen MR) is 74.9 cm³/mol. The Balaban J connectivity index is 2.47. The van der Waals surface area contributed by atoms with Crippen molar-refractivity contribution in [2.45, 2.75) is 19.4 Å². The van der Waals surface area contributed by atoms with Gasteiger partial charge in [-0.3, -0.25) is 0 Å². The predicted octanol–water partition coefficient (Wildman–Crippen LogP) is 1.48. The van der Waals surface area contributed by atoms with Crippen LogP contribution in [-0.2, 0) is 4.74 Å². The lowest BCUT2D eigenvalue weighted by atomic mass is 10.2. The van der Waals surface area contributed by atoms with E-state index in [0.717, 1.165) is 11.0 Å². The van der Waals surface area contributed by atoms with Gasteiger partial charge in [0.1, 0.15) is 5.82 Å². The first-order valence-electron chi connectivity index (χ1n) is 5.84. The van der Waals surface area contributed by atoms with Gasteiger partial charge in [0, 0.05) is 26.4 Å². The van der Waals surface area contributed by atoms with Crippen molar-refractivity contribution in [3.63, 3.8) is 0 Å².